The van der Waals surface area contributed by atoms with Crippen molar-refractivity contribution in [3.8, 4) is 0 Å². The molecule has 0 aliphatic rings. The summed E-state index contributed by atoms with van der Waals surface area (Å²) >= 11 is 11.8. The van der Waals surface area contributed by atoms with Crippen LogP contribution in [0.25, 0.3) is 0 Å². The fourth-order valence-corrected chi connectivity index (χ4v) is 4.02. The lowest BCUT2D eigenvalue weighted by molar-refractivity contribution is 0.584. The molecule has 0 bridgehead atoms. The molecule has 2 aromatic carbocycles. The van der Waals surface area contributed by atoms with Crippen molar-refractivity contribution in [2.45, 2.75) is 38.0 Å². The Bertz CT molecular complexity index is 820. The van der Waals surface area contributed by atoms with Gasteiger partial charge in [0.2, 0.25) is 0 Å². The summed E-state index contributed by atoms with van der Waals surface area (Å²) in [7, 11) is -3.73. The highest BCUT2D eigenvalue weighted by Gasteiger charge is 2.21. The molecule has 0 atom stereocenters. The van der Waals surface area contributed by atoms with Crippen molar-refractivity contribution in [1.82, 2.24) is 0 Å². The molecule has 124 valence electrons. The van der Waals surface area contributed by atoms with E-state index in [1.807, 2.05) is 32.9 Å². The number of hydrogen-bond acceptors (Lipinski definition) is 2. The molecule has 0 unspecified atom stereocenters. The summed E-state index contributed by atoms with van der Waals surface area (Å²) in [5.41, 5.74) is 1.83. The van der Waals surface area contributed by atoms with Gasteiger partial charge in [0.15, 0.2) is 0 Å². The first-order valence-corrected chi connectivity index (χ1v) is 9.33. The van der Waals surface area contributed by atoms with Gasteiger partial charge in [0.1, 0.15) is 0 Å². The van der Waals surface area contributed by atoms with Crippen LogP contribution < -0.4 is 4.72 Å². The van der Waals surface area contributed by atoms with Gasteiger partial charge in [0.25, 0.3) is 10.0 Å². The smallest absolute Gasteiger partial charge is 0.262 e. The Morgan fingerprint density at radius 1 is 0.957 bits per heavy atom. The van der Waals surface area contributed by atoms with E-state index >= 15 is 0 Å². The van der Waals surface area contributed by atoms with Gasteiger partial charge in [-0.25, -0.2) is 8.42 Å². The molecular weight excluding hydrogens is 353 g/mol. The molecule has 3 nitrogen and oxygen atoms in total. The Labute approximate surface area is 147 Å². The fraction of sp³-hybridized carbons (Fsp3) is 0.294. The van der Waals surface area contributed by atoms with Gasteiger partial charge in [-0.05, 0) is 47.7 Å². The van der Waals surface area contributed by atoms with E-state index in [0.29, 0.717) is 21.3 Å². The van der Waals surface area contributed by atoms with Crippen LogP contribution in [0, 0.1) is 6.92 Å². The zero-order valence-electron chi connectivity index (χ0n) is 13.4. The van der Waals surface area contributed by atoms with Gasteiger partial charge in [0, 0.05) is 10.0 Å². The first kappa shape index (κ1) is 18.1. The Kier molecular flexibility index (Phi) is 5.00. The van der Waals surface area contributed by atoms with Gasteiger partial charge < -0.3 is 0 Å². The molecule has 0 heterocycles. The highest BCUT2D eigenvalue weighted by Crippen LogP contribution is 2.29. The van der Waals surface area contributed by atoms with Crippen molar-refractivity contribution < 1.29 is 8.42 Å². The molecule has 0 radical (unpaired) electrons. The Morgan fingerprint density at radius 3 is 2.04 bits per heavy atom. The minimum absolute atomic E-state index is 0.142. The monoisotopic (exact) mass is 371 g/mol. The summed E-state index contributed by atoms with van der Waals surface area (Å²) in [5, 5.41) is 0.741. The van der Waals surface area contributed by atoms with E-state index in [1.54, 1.807) is 19.1 Å². The van der Waals surface area contributed by atoms with E-state index in [1.165, 1.54) is 12.1 Å². The molecule has 0 aliphatic heterocycles. The van der Waals surface area contributed by atoms with Crippen molar-refractivity contribution >= 4 is 38.9 Å². The topological polar surface area (TPSA) is 46.2 Å². The second-order valence-electron chi connectivity index (χ2n) is 6.49. The van der Waals surface area contributed by atoms with Gasteiger partial charge in [0.05, 0.1) is 10.6 Å². The van der Waals surface area contributed by atoms with Gasteiger partial charge in [-0.1, -0.05) is 56.1 Å². The van der Waals surface area contributed by atoms with Crippen LogP contribution in [0.15, 0.2) is 41.3 Å². The molecule has 0 aromatic heterocycles. The van der Waals surface area contributed by atoms with Crippen molar-refractivity contribution in [1.29, 1.82) is 0 Å². The average molecular weight is 372 g/mol. The van der Waals surface area contributed by atoms with Gasteiger partial charge >= 0.3 is 0 Å². The minimum atomic E-state index is -3.73. The molecule has 0 saturated carbocycles. The number of benzene rings is 2. The summed E-state index contributed by atoms with van der Waals surface area (Å²) in [6.07, 6.45) is 0. The van der Waals surface area contributed by atoms with Crippen molar-refractivity contribution in [3.05, 3.63) is 57.6 Å². The second-order valence-corrected chi connectivity index (χ2v) is 9.02. The number of rotatable bonds is 3. The van der Waals surface area contributed by atoms with E-state index in [2.05, 4.69) is 4.72 Å². The summed E-state index contributed by atoms with van der Waals surface area (Å²) in [6, 6.07) is 10.1. The van der Waals surface area contributed by atoms with Crippen LogP contribution in [0.2, 0.25) is 10.0 Å². The maximum Gasteiger partial charge on any atom is 0.262 e. The third-order valence-electron chi connectivity index (χ3n) is 3.46. The maximum absolute atomic E-state index is 12.7. The fourth-order valence-electron chi connectivity index (χ4n) is 2.18. The summed E-state index contributed by atoms with van der Waals surface area (Å²) < 4.78 is 28.0. The van der Waals surface area contributed by atoms with Crippen molar-refractivity contribution in [2.75, 3.05) is 4.72 Å². The highest BCUT2D eigenvalue weighted by atomic mass is 35.5. The first-order valence-electron chi connectivity index (χ1n) is 7.09. The SMILES string of the molecule is Cc1ccc(C(C)(C)C)cc1S(=O)(=O)Nc1cc(Cl)cc(Cl)c1. The average Bonchev–Trinajstić information content (AvgIpc) is 2.35. The summed E-state index contributed by atoms with van der Waals surface area (Å²) in [6.45, 7) is 7.89. The maximum atomic E-state index is 12.7. The molecule has 23 heavy (non-hydrogen) atoms. The van der Waals surface area contributed by atoms with E-state index in [0.717, 1.165) is 5.56 Å². The van der Waals surface area contributed by atoms with E-state index in [-0.39, 0.29) is 10.3 Å². The van der Waals surface area contributed by atoms with Crippen molar-refractivity contribution in [3.63, 3.8) is 0 Å². The number of sulfonamides is 1. The largest absolute Gasteiger partial charge is 0.280 e. The standard InChI is InChI=1S/C17H19Cl2NO2S/c1-11-5-6-12(17(2,3)4)7-16(11)23(21,22)20-15-9-13(18)8-14(19)10-15/h5-10,20H,1-4H3. The Hall–Kier alpha value is -1.23. The van der Waals surface area contributed by atoms with Crippen LogP contribution in [0.5, 0.6) is 0 Å². The van der Waals surface area contributed by atoms with Gasteiger partial charge in [-0.15, -0.1) is 0 Å². The minimum Gasteiger partial charge on any atom is -0.280 e. The van der Waals surface area contributed by atoms with Crippen LogP contribution in [0.3, 0.4) is 0 Å². The lowest BCUT2D eigenvalue weighted by Crippen LogP contribution is -2.17. The normalized spacial score (nSPS) is 12.3. The lowest BCUT2D eigenvalue weighted by atomic mass is 9.87. The third kappa shape index (κ3) is 4.40. The zero-order chi connectivity index (χ0) is 17.4. The summed E-state index contributed by atoms with van der Waals surface area (Å²) in [5.74, 6) is 0. The number of aryl methyl sites for hydroxylation is 1. The van der Waals surface area contributed by atoms with E-state index in [4.69, 9.17) is 23.2 Å². The van der Waals surface area contributed by atoms with Crippen LogP contribution in [0.1, 0.15) is 31.9 Å². The Morgan fingerprint density at radius 2 is 1.52 bits per heavy atom. The molecule has 6 heteroatoms. The first-order chi connectivity index (χ1) is 10.5. The zero-order valence-corrected chi connectivity index (χ0v) is 15.8. The third-order valence-corrected chi connectivity index (χ3v) is 5.42. The highest BCUT2D eigenvalue weighted by molar-refractivity contribution is 7.92. The molecule has 0 amide bonds. The van der Waals surface area contributed by atoms with Crippen LogP contribution >= 0.6 is 23.2 Å². The molecule has 2 rings (SSSR count). The number of anilines is 1. The van der Waals surface area contributed by atoms with E-state index in [9.17, 15) is 8.42 Å². The Balaban J connectivity index is 2.47. The number of halogens is 2. The van der Waals surface area contributed by atoms with Gasteiger partial charge in [-0.2, -0.15) is 0 Å². The lowest BCUT2D eigenvalue weighted by Gasteiger charge is -2.21. The summed E-state index contributed by atoms with van der Waals surface area (Å²) in [4.78, 5) is 0.251. The molecule has 2 aromatic rings. The van der Waals surface area contributed by atoms with Crippen molar-refractivity contribution in [2.24, 2.45) is 0 Å². The van der Waals surface area contributed by atoms with Crippen LogP contribution in [0.4, 0.5) is 5.69 Å². The van der Waals surface area contributed by atoms with E-state index < -0.39 is 10.0 Å². The molecule has 1 N–H and O–H groups in total. The van der Waals surface area contributed by atoms with Gasteiger partial charge in [-0.3, -0.25) is 4.72 Å². The molecule has 0 saturated heterocycles. The quantitative estimate of drug-likeness (QED) is 0.784. The molecule has 0 aliphatic carbocycles. The predicted octanol–water partition coefficient (Wildman–Crippen LogP) is 5.40. The molecular formula is C17H19Cl2NO2S. The van der Waals surface area contributed by atoms with Crippen LogP contribution in [-0.2, 0) is 15.4 Å². The second kappa shape index (κ2) is 6.34. The molecule has 0 fully saturated rings. The predicted molar refractivity (Wildman–Crippen MR) is 97.1 cm³/mol. The van der Waals surface area contributed by atoms with Crippen LogP contribution in [-0.4, -0.2) is 8.42 Å². The number of nitrogens with one attached hydrogen (secondary N) is 1. The number of hydrogen-bond donors (Lipinski definition) is 1. The molecule has 0 spiro atoms.